The SMILES string of the molecule is C#Cc1c(F)ccc2cc3[nH]ncc3c(-c3nccc4c3sc3nc(OCC5(C=O)CC5)nc(N5CC6CCC(C5)N6)c34)c12. The normalized spacial score (nSPS) is 20.5. The van der Waals surface area contributed by atoms with E-state index in [4.69, 9.17) is 26.1 Å². The van der Waals surface area contributed by atoms with E-state index in [9.17, 15) is 4.79 Å². The Morgan fingerprint density at radius 3 is 2.77 bits per heavy atom. The first kappa shape index (κ1) is 25.8. The number of aromatic amines is 1. The van der Waals surface area contributed by atoms with Crippen LogP contribution in [0, 0.1) is 23.6 Å². The summed E-state index contributed by atoms with van der Waals surface area (Å²) in [6, 6.07) is 8.13. The zero-order valence-electron chi connectivity index (χ0n) is 23.6. The van der Waals surface area contributed by atoms with E-state index in [2.05, 4.69) is 26.3 Å². The zero-order valence-corrected chi connectivity index (χ0v) is 24.4. The molecule has 44 heavy (non-hydrogen) atoms. The number of nitrogens with one attached hydrogen (secondary N) is 2. The molecule has 2 atom stereocenters. The average Bonchev–Trinajstić information content (AvgIpc) is 3.31. The van der Waals surface area contributed by atoms with Gasteiger partial charge in [-0.05, 0) is 49.3 Å². The van der Waals surface area contributed by atoms with Gasteiger partial charge in [0.25, 0.3) is 0 Å². The summed E-state index contributed by atoms with van der Waals surface area (Å²) >= 11 is 1.50. The summed E-state index contributed by atoms with van der Waals surface area (Å²) < 4.78 is 22.1. The summed E-state index contributed by atoms with van der Waals surface area (Å²) in [7, 11) is 0. The maximum atomic E-state index is 15.1. The molecule has 2 aromatic carbocycles. The highest BCUT2D eigenvalue weighted by Gasteiger charge is 2.44. The minimum atomic E-state index is -0.459. The highest BCUT2D eigenvalue weighted by atomic mass is 32.1. The number of H-pyrrole nitrogens is 1. The molecule has 2 aliphatic heterocycles. The monoisotopic (exact) mass is 603 g/mol. The first-order valence-electron chi connectivity index (χ1n) is 14.8. The molecular weight excluding hydrogens is 577 g/mol. The molecule has 3 aliphatic rings. The summed E-state index contributed by atoms with van der Waals surface area (Å²) in [5.74, 6) is 2.95. The molecule has 2 unspecified atom stereocenters. The van der Waals surface area contributed by atoms with Crippen LogP contribution in [0.3, 0.4) is 0 Å². The smallest absolute Gasteiger partial charge is 0.319 e. The van der Waals surface area contributed by atoms with Crippen LogP contribution in [-0.4, -0.2) is 63.2 Å². The number of carbonyl (C=O) groups is 1. The molecule has 0 amide bonds. The third kappa shape index (κ3) is 3.84. The van der Waals surface area contributed by atoms with Crippen molar-refractivity contribution in [2.45, 2.75) is 37.8 Å². The van der Waals surface area contributed by atoms with E-state index >= 15 is 4.39 Å². The Morgan fingerprint density at radius 1 is 1.16 bits per heavy atom. The number of benzene rings is 2. The van der Waals surface area contributed by atoms with Crippen molar-refractivity contribution < 1.29 is 13.9 Å². The fourth-order valence-corrected chi connectivity index (χ4v) is 8.09. The van der Waals surface area contributed by atoms with E-state index in [0.717, 1.165) is 93.0 Å². The second-order valence-electron chi connectivity index (χ2n) is 12.2. The molecule has 6 heterocycles. The number of piperazine rings is 1. The van der Waals surface area contributed by atoms with Gasteiger partial charge in [0.1, 0.15) is 29.4 Å². The van der Waals surface area contributed by atoms with Crippen LogP contribution in [0.2, 0.25) is 0 Å². The van der Waals surface area contributed by atoms with Gasteiger partial charge in [-0.2, -0.15) is 15.1 Å². The quantitative estimate of drug-likeness (QED) is 0.194. The number of fused-ring (bicyclic) bond motifs is 7. The lowest BCUT2D eigenvalue weighted by molar-refractivity contribution is -0.113. The molecule has 6 aromatic rings. The van der Waals surface area contributed by atoms with E-state index in [1.807, 2.05) is 12.1 Å². The molecule has 9 nitrogen and oxygen atoms in total. The number of pyridine rings is 1. The number of anilines is 1. The number of nitrogens with zero attached hydrogens (tertiary/aromatic N) is 5. The van der Waals surface area contributed by atoms with E-state index in [-0.39, 0.29) is 18.2 Å². The Morgan fingerprint density at radius 2 is 2.00 bits per heavy atom. The van der Waals surface area contributed by atoms with Crippen LogP contribution in [0.5, 0.6) is 6.01 Å². The molecule has 11 heteroatoms. The van der Waals surface area contributed by atoms with Gasteiger partial charge in [0.15, 0.2) is 0 Å². The molecule has 2 N–H and O–H groups in total. The van der Waals surface area contributed by atoms with Gasteiger partial charge in [-0.1, -0.05) is 12.0 Å². The van der Waals surface area contributed by atoms with Crippen molar-refractivity contribution in [2.75, 3.05) is 24.6 Å². The number of aromatic nitrogens is 5. The lowest BCUT2D eigenvalue weighted by atomic mass is 9.93. The Kier molecular flexibility index (Phi) is 5.52. The largest absolute Gasteiger partial charge is 0.462 e. The van der Waals surface area contributed by atoms with Crippen LogP contribution in [0.25, 0.3) is 53.2 Å². The maximum absolute atomic E-state index is 15.1. The second kappa shape index (κ2) is 9.42. The van der Waals surface area contributed by atoms with Crippen molar-refractivity contribution in [2.24, 2.45) is 5.41 Å². The third-order valence-corrected chi connectivity index (χ3v) is 10.5. The zero-order chi connectivity index (χ0) is 29.6. The van der Waals surface area contributed by atoms with Gasteiger partial charge < -0.3 is 19.7 Å². The molecule has 2 saturated heterocycles. The number of carbonyl (C=O) groups excluding carboxylic acids is 1. The number of aldehydes is 1. The first-order chi connectivity index (χ1) is 21.5. The minimum Gasteiger partial charge on any atom is -0.462 e. The number of thiophene rings is 1. The van der Waals surface area contributed by atoms with Gasteiger partial charge in [0.05, 0.1) is 38.5 Å². The van der Waals surface area contributed by atoms with E-state index in [1.54, 1.807) is 18.5 Å². The Labute approximate surface area is 254 Å². The predicted molar refractivity (Wildman–Crippen MR) is 169 cm³/mol. The van der Waals surface area contributed by atoms with Crippen molar-refractivity contribution >= 4 is 65.4 Å². The average molecular weight is 604 g/mol. The number of hydrogen-bond acceptors (Lipinski definition) is 9. The molecule has 3 fully saturated rings. The highest BCUT2D eigenvalue weighted by Crippen LogP contribution is 2.47. The van der Waals surface area contributed by atoms with Crippen LogP contribution in [-0.2, 0) is 4.79 Å². The van der Waals surface area contributed by atoms with E-state index in [0.29, 0.717) is 23.2 Å². The molecule has 1 saturated carbocycles. The molecule has 0 radical (unpaired) electrons. The molecule has 0 spiro atoms. The summed E-state index contributed by atoms with van der Waals surface area (Å²) in [6.07, 6.45) is 14.3. The van der Waals surface area contributed by atoms with Crippen molar-refractivity contribution in [3.8, 4) is 29.6 Å². The number of ether oxygens (including phenoxy) is 1. The fraction of sp³-hybridized carbons (Fsp3) is 0.303. The second-order valence-corrected chi connectivity index (χ2v) is 13.2. The van der Waals surface area contributed by atoms with Crippen molar-refractivity contribution in [1.82, 2.24) is 30.5 Å². The maximum Gasteiger partial charge on any atom is 0.319 e. The van der Waals surface area contributed by atoms with Crippen LogP contribution < -0.4 is 15.0 Å². The summed E-state index contributed by atoms with van der Waals surface area (Å²) in [5.41, 5.74) is 1.97. The molecule has 4 aromatic heterocycles. The Hall–Kier alpha value is -4.66. The van der Waals surface area contributed by atoms with Gasteiger partial charge in [0, 0.05) is 53.1 Å². The molecule has 1 aliphatic carbocycles. The molecule has 2 bridgehead atoms. The van der Waals surface area contributed by atoms with Gasteiger partial charge in [-0.25, -0.2) is 4.39 Å². The lowest BCUT2D eigenvalue weighted by Crippen LogP contribution is -2.51. The van der Waals surface area contributed by atoms with Crippen LogP contribution in [0.15, 0.2) is 36.7 Å². The number of halogens is 1. The Balaban J connectivity index is 1.31. The number of hydrogen-bond donors (Lipinski definition) is 2. The van der Waals surface area contributed by atoms with Crippen LogP contribution in [0.4, 0.5) is 10.2 Å². The number of rotatable bonds is 6. The predicted octanol–water partition coefficient (Wildman–Crippen LogP) is 5.35. The summed E-state index contributed by atoms with van der Waals surface area (Å²) in [4.78, 5) is 29.5. The van der Waals surface area contributed by atoms with Crippen LogP contribution in [0.1, 0.15) is 31.2 Å². The molecular formula is C33H26FN7O2S. The van der Waals surface area contributed by atoms with Crippen LogP contribution >= 0.6 is 11.3 Å². The van der Waals surface area contributed by atoms with Gasteiger partial charge in [-0.3, -0.25) is 10.1 Å². The van der Waals surface area contributed by atoms with Crippen molar-refractivity contribution in [1.29, 1.82) is 0 Å². The molecule has 9 rings (SSSR count). The van der Waals surface area contributed by atoms with Crippen molar-refractivity contribution in [3.05, 3.63) is 48.0 Å². The topological polar surface area (TPSA) is 109 Å². The number of terminal acetylenes is 1. The summed E-state index contributed by atoms with van der Waals surface area (Å²) in [5, 5.41) is 15.2. The Bertz CT molecular complexity index is 2200. The fourth-order valence-electron chi connectivity index (χ4n) is 6.94. The molecule has 218 valence electrons. The van der Waals surface area contributed by atoms with E-state index < -0.39 is 11.2 Å². The third-order valence-electron chi connectivity index (χ3n) is 9.41. The first-order valence-corrected chi connectivity index (χ1v) is 15.6. The minimum absolute atomic E-state index is 0.192. The summed E-state index contributed by atoms with van der Waals surface area (Å²) in [6.45, 7) is 1.93. The van der Waals surface area contributed by atoms with Crippen molar-refractivity contribution in [3.63, 3.8) is 0 Å². The highest BCUT2D eigenvalue weighted by molar-refractivity contribution is 7.26. The van der Waals surface area contributed by atoms with Gasteiger partial charge in [0.2, 0.25) is 0 Å². The van der Waals surface area contributed by atoms with E-state index in [1.165, 1.54) is 17.4 Å². The lowest BCUT2D eigenvalue weighted by Gasteiger charge is -2.34. The standard InChI is InChI=1S/C33H26FN7O2S/c1-2-20-23(34)6-3-17-11-24-22(12-36-40-24)26(25(17)20)28-29-21(7-10-35-28)27-30(41-13-18-4-5-19(14-41)37-18)38-32(39-31(27)44-29)43-16-33(15-42)8-9-33/h1,3,6-7,10-12,15,18-19,37H,4-5,8-9,13-14,16H2,(H,36,40). The van der Waals surface area contributed by atoms with Gasteiger partial charge in [-0.15, -0.1) is 17.8 Å². The van der Waals surface area contributed by atoms with Gasteiger partial charge >= 0.3 is 6.01 Å².